The zero-order chi connectivity index (χ0) is 16.1. The van der Waals surface area contributed by atoms with Crippen LogP contribution in [0.2, 0.25) is 0 Å². The third-order valence-corrected chi connectivity index (χ3v) is 4.05. The Morgan fingerprint density at radius 2 is 2.18 bits per heavy atom. The second-order valence-electron chi connectivity index (χ2n) is 6.55. The lowest BCUT2D eigenvalue weighted by molar-refractivity contribution is -0.122. The number of H-pyrrole nitrogens is 1. The van der Waals surface area contributed by atoms with Crippen molar-refractivity contribution in [2.24, 2.45) is 5.92 Å². The molecule has 1 aromatic rings. The highest BCUT2D eigenvalue weighted by Gasteiger charge is 2.32. The van der Waals surface area contributed by atoms with E-state index in [1.54, 1.807) is 6.07 Å². The molecule has 122 valence electrons. The van der Waals surface area contributed by atoms with Gasteiger partial charge in [-0.2, -0.15) is 5.10 Å². The van der Waals surface area contributed by atoms with Crippen LogP contribution in [0.3, 0.4) is 0 Å². The summed E-state index contributed by atoms with van der Waals surface area (Å²) in [5, 5.41) is 9.63. The molecule has 1 atom stereocenters. The second kappa shape index (κ2) is 7.54. The zero-order valence-electron chi connectivity index (χ0n) is 13.6. The van der Waals surface area contributed by atoms with Gasteiger partial charge in [0.25, 0.3) is 0 Å². The van der Waals surface area contributed by atoms with E-state index in [9.17, 15) is 9.59 Å². The summed E-state index contributed by atoms with van der Waals surface area (Å²) < 4.78 is 0. The van der Waals surface area contributed by atoms with E-state index in [-0.39, 0.29) is 5.91 Å². The van der Waals surface area contributed by atoms with E-state index in [1.807, 2.05) is 13.8 Å². The number of aromatic nitrogens is 2. The van der Waals surface area contributed by atoms with Gasteiger partial charge in [-0.15, -0.1) is 0 Å². The van der Waals surface area contributed by atoms with E-state index in [1.165, 1.54) is 0 Å². The molecule has 0 aromatic carbocycles. The molecule has 1 aliphatic heterocycles. The molecule has 2 heterocycles. The van der Waals surface area contributed by atoms with Gasteiger partial charge in [0.2, 0.25) is 5.91 Å². The molecule has 22 heavy (non-hydrogen) atoms. The third kappa shape index (κ3) is 4.94. The van der Waals surface area contributed by atoms with Crippen LogP contribution in [-0.4, -0.2) is 53.5 Å². The molecular weight excluding hydrogens is 280 g/mol. The normalized spacial score (nSPS) is 21.4. The molecule has 2 aliphatic rings. The Morgan fingerprint density at radius 3 is 2.59 bits per heavy atom. The fourth-order valence-electron chi connectivity index (χ4n) is 2.43. The van der Waals surface area contributed by atoms with Crippen LogP contribution < -0.4 is 5.32 Å². The summed E-state index contributed by atoms with van der Waals surface area (Å²) in [6.45, 7) is 6.23. The topological polar surface area (TPSA) is 78.1 Å². The van der Waals surface area contributed by atoms with Gasteiger partial charge in [-0.3, -0.25) is 14.7 Å². The Morgan fingerprint density at radius 1 is 1.45 bits per heavy atom. The van der Waals surface area contributed by atoms with Crippen LogP contribution in [0.1, 0.15) is 55.2 Å². The minimum atomic E-state index is 0.287. The number of amides is 1. The number of hydrogen-bond donors (Lipinski definition) is 2. The predicted molar refractivity (Wildman–Crippen MR) is 84.8 cm³/mol. The fourth-order valence-corrected chi connectivity index (χ4v) is 2.43. The number of carbonyl (C=O) groups excluding carboxylic acids is 2. The average Bonchev–Trinajstić information content (AvgIpc) is 3.08. The first-order chi connectivity index (χ1) is 10.5. The monoisotopic (exact) mass is 306 g/mol. The smallest absolute Gasteiger partial charge is 0.223 e. The van der Waals surface area contributed by atoms with Gasteiger partial charge < -0.3 is 10.2 Å². The second-order valence-corrected chi connectivity index (χ2v) is 6.55. The molecule has 1 unspecified atom stereocenters. The Hall–Kier alpha value is -1.69. The summed E-state index contributed by atoms with van der Waals surface area (Å²) in [5.74, 6) is 1.05. The van der Waals surface area contributed by atoms with Crippen LogP contribution in [0.15, 0.2) is 6.07 Å². The molecule has 1 saturated heterocycles. The van der Waals surface area contributed by atoms with Gasteiger partial charge in [0.05, 0.1) is 0 Å². The van der Waals surface area contributed by atoms with Crippen LogP contribution in [0.4, 0.5) is 0 Å². The van der Waals surface area contributed by atoms with Gasteiger partial charge >= 0.3 is 0 Å². The first-order valence-corrected chi connectivity index (χ1v) is 7.99. The van der Waals surface area contributed by atoms with Crippen molar-refractivity contribution in [3.63, 3.8) is 0 Å². The van der Waals surface area contributed by atoms with Crippen LogP contribution >= 0.6 is 0 Å². The lowest BCUT2D eigenvalue weighted by Crippen LogP contribution is -2.37. The van der Waals surface area contributed by atoms with Crippen LogP contribution in [-0.2, 0) is 4.79 Å². The third-order valence-electron chi connectivity index (χ3n) is 4.05. The summed E-state index contributed by atoms with van der Waals surface area (Å²) in [5.41, 5.74) is 1.48. The van der Waals surface area contributed by atoms with Gasteiger partial charge in [-0.1, -0.05) is 13.8 Å². The lowest BCUT2D eigenvalue weighted by Gasteiger charge is -2.11. The van der Waals surface area contributed by atoms with Gasteiger partial charge in [-0.25, -0.2) is 0 Å². The number of aldehydes is 1. The maximum atomic E-state index is 11.3. The van der Waals surface area contributed by atoms with E-state index in [0.29, 0.717) is 23.6 Å². The molecule has 1 amide bonds. The average molecular weight is 306 g/mol. The van der Waals surface area contributed by atoms with Crippen molar-refractivity contribution in [2.45, 2.75) is 45.1 Å². The first kappa shape index (κ1) is 16.7. The summed E-state index contributed by atoms with van der Waals surface area (Å²) >= 11 is 0. The number of rotatable bonds is 4. The van der Waals surface area contributed by atoms with Crippen molar-refractivity contribution in [3.05, 3.63) is 17.5 Å². The molecule has 3 rings (SSSR count). The van der Waals surface area contributed by atoms with E-state index in [2.05, 4.69) is 27.5 Å². The highest BCUT2D eigenvalue weighted by Crippen LogP contribution is 2.29. The molecule has 1 aromatic heterocycles. The highest BCUT2D eigenvalue weighted by molar-refractivity contribution is 5.81. The maximum Gasteiger partial charge on any atom is 0.223 e. The minimum Gasteiger partial charge on any atom is -0.352 e. The highest BCUT2D eigenvalue weighted by atomic mass is 16.2. The van der Waals surface area contributed by atoms with Crippen molar-refractivity contribution in [1.82, 2.24) is 20.4 Å². The van der Waals surface area contributed by atoms with Crippen LogP contribution in [0.5, 0.6) is 0 Å². The Labute approximate surface area is 131 Å². The number of aromatic amines is 1. The Kier molecular flexibility index (Phi) is 5.71. The fraction of sp³-hybridized carbons (Fsp3) is 0.688. The standard InChI is InChI=1S/C9H16N2O.C7H10N2O/c1-11-5-4-8(6-11)10-9(12)7-2-3-7;1-5(2)7-3-6(4-10)8-9-7/h7-8H,2-6H2,1H3,(H,10,12);3-5H,1-2H3,(H,8,9). The van der Waals surface area contributed by atoms with Crippen molar-refractivity contribution >= 4 is 12.2 Å². The van der Waals surface area contributed by atoms with E-state index >= 15 is 0 Å². The molecule has 0 bridgehead atoms. The number of likely N-dealkylation sites (tertiary alicyclic amines) is 1. The maximum absolute atomic E-state index is 11.3. The summed E-state index contributed by atoms with van der Waals surface area (Å²) in [6, 6.07) is 2.18. The largest absolute Gasteiger partial charge is 0.352 e. The summed E-state index contributed by atoms with van der Waals surface area (Å²) in [7, 11) is 2.10. The number of nitrogens with zero attached hydrogens (tertiary/aromatic N) is 2. The van der Waals surface area contributed by atoms with Crippen LogP contribution in [0, 0.1) is 5.92 Å². The SMILES string of the molecule is CC(C)c1cc(C=O)n[nH]1.CN1CCC(NC(=O)C2CC2)C1. The number of likely N-dealkylation sites (N-methyl/N-ethyl adjacent to an activating group) is 1. The Balaban J connectivity index is 0.000000164. The van der Waals surface area contributed by atoms with E-state index in [4.69, 9.17) is 0 Å². The number of carbonyl (C=O) groups is 2. The molecule has 0 radical (unpaired) electrons. The molecule has 0 spiro atoms. The predicted octanol–water partition coefficient (Wildman–Crippen LogP) is 1.56. The van der Waals surface area contributed by atoms with Crippen molar-refractivity contribution < 1.29 is 9.59 Å². The Bertz CT molecular complexity index is 508. The van der Waals surface area contributed by atoms with E-state index in [0.717, 1.165) is 44.3 Å². The molecule has 1 aliphatic carbocycles. The van der Waals surface area contributed by atoms with Gasteiger partial charge in [0, 0.05) is 24.2 Å². The van der Waals surface area contributed by atoms with Gasteiger partial charge in [0.1, 0.15) is 5.69 Å². The molecular formula is C16H26N4O2. The lowest BCUT2D eigenvalue weighted by atomic mass is 10.1. The van der Waals surface area contributed by atoms with Gasteiger partial charge in [0.15, 0.2) is 6.29 Å². The summed E-state index contributed by atoms with van der Waals surface area (Å²) in [4.78, 5) is 23.8. The molecule has 6 nitrogen and oxygen atoms in total. The molecule has 6 heteroatoms. The summed E-state index contributed by atoms with van der Waals surface area (Å²) in [6.07, 6.45) is 4.07. The molecule has 1 saturated carbocycles. The van der Waals surface area contributed by atoms with Crippen LogP contribution in [0.25, 0.3) is 0 Å². The minimum absolute atomic E-state index is 0.287. The van der Waals surface area contributed by atoms with Gasteiger partial charge in [-0.05, 0) is 44.8 Å². The molecule has 2 fully saturated rings. The number of hydrogen-bond acceptors (Lipinski definition) is 4. The van der Waals surface area contributed by atoms with E-state index < -0.39 is 0 Å². The van der Waals surface area contributed by atoms with Crippen molar-refractivity contribution in [1.29, 1.82) is 0 Å². The van der Waals surface area contributed by atoms with Crippen molar-refractivity contribution in [2.75, 3.05) is 20.1 Å². The number of nitrogens with one attached hydrogen (secondary N) is 2. The first-order valence-electron chi connectivity index (χ1n) is 7.99. The zero-order valence-corrected chi connectivity index (χ0v) is 13.6. The molecule has 2 N–H and O–H groups in total. The van der Waals surface area contributed by atoms with Crippen molar-refractivity contribution in [3.8, 4) is 0 Å². The quantitative estimate of drug-likeness (QED) is 0.828.